The molecule has 5 rings (SSSR count). The minimum absolute atomic E-state index is 0.157. The van der Waals surface area contributed by atoms with Gasteiger partial charge in [-0.05, 0) is 17.2 Å². The van der Waals surface area contributed by atoms with Gasteiger partial charge in [0.25, 0.3) is 5.69 Å². The molecular weight excluding hydrogens is 422 g/mol. The van der Waals surface area contributed by atoms with E-state index in [9.17, 15) is 25.0 Å². The molecule has 0 aliphatic carbocycles. The van der Waals surface area contributed by atoms with Crippen LogP contribution in [0, 0.1) is 20.2 Å². The van der Waals surface area contributed by atoms with Crippen molar-refractivity contribution in [2.75, 3.05) is 4.90 Å². The standard InChI is InChI=1S/C25H19N3O5/c29-25(18-10-6-11-19(15-18)27(30)31)24-22(17-8-2-1-3-9-17)23(28(32)33)21-14-13-16-7-4-5-12-20(16)26(21)24/h1-15,21-24H/t21-,22-,23-,24+/m1/s1. The number of rotatable bonds is 5. The molecule has 33 heavy (non-hydrogen) atoms. The maximum atomic E-state index is 13.9. The summed E-state index contributed by atoms with van der Waals surface area (Å²) >= 11 is 0. The van der Waals surface area contributed by atoms with Gasteiger partial charge in [0, 0.05) is 28.3 Å². The van der Waals surface area contributed by atoms with Crippen LogP contribution in [-0.2, 0) is 0 Å². The van der Waals surface area contributed by atoms with Crippen molar-refractivity contribution in [2.24, 2.45) is 0 Å². The third kappa shape index (κ3) is 3.36. The Labute approximate surface area is 189 Å². The lowest BCUT2D eigenvalue weighted by Crippen LogP contribution is -2.44. The molecule has 3 aromatic rings. The Morgan fingerprint density at radius 1 is 0.879 bits per heavy atom. The zero-order valence-corrected chi connectivity index (χ0v) is 17.4. The highest BCUT2D eigenvalue weighted by Gasteiger charge is 2.58. The second kappa shape index (κ2) is 7.98. The molecule has 4 atom stereocenters. The van der Waals surface area contributed by atoms with Crippen molar-refractivity contribution in [1.82, 2.24) is 0 Å². The minimum Gasteiger partial charge on any atom is -0.346 e. The lowest BCUT2D eigenvalue weighted by molar-refractivity contribution is -0.524. The van der Waals surface area contributed by atoms with Gasteiger partial charge in [0.15, 0.2) is 5.78 Å². The number of carbonyl (C=O) groups excluding carboxylic acids is 1. The van der Waals surface area contributed by atoms with Crippen LogP contribution < -0.4 is 4.90 Å². The van der Waals surface area contributed by atoms with E-state index in [1.54, 1.807) is 30.3 Å². The number of carbonyl (C=O) groups is 1. The number of ketones is 1. The van der Waals surface area contributed by atoms with Crippen molar-refractivity contribution in [3.05, 3.63) is 122 Å². The highest BCUT2D eigenvalue weighted by atomic mass is 16.6. The van der Waals surface area contributed by atoms with Gasteiger partial charge >= 0.3 is 0 Å². The van der Waals surface area contributed by atoms with Crippen LogP contribution in [0.2, 0.25) is 0 Å². The average Bonchev–Trinajstić information content (AvgIpc) is 3.20. The van der Waals surface area contributed by atoms with E-state index in [1.807, 2.05) is 41.3 Å². The first-order chi connectivity index (χ1) is 16.0. The molecule has 1 fully saturated rings. The van der Waals surface area contributed by atoms with Crippen LogP contribution in [-0.4, -0.2) is 33.8 Å². The van der Waals surface area contributed by atoms with Gasteiger partial charge in [-0.2, -0.15) is 0 Å². The van der Waals surface area contributed by atoms with Crippen molar-refractivity contribution in [3.8, 4) is 0 Å². The van der Waals surface area contributed by atoms with Gasteiger partial charge in [0.05, 0.1) is 10.8 Å². The fraction of sp³-hybridized carbons (Fsp3) is 0.160. The molecule has 2 aliphatic heterocycles. The molecule has 3 aromatic carbocycles. The van der Waals surface area contributed by atoms with E-state index in [1.165, 1.54) is 24.3 Å². The van der Waals surface area contributed by atoms with Crippen LogP contribution >= 0.6 is 0 Å². The molecule has 0 radical (unpaired) electrons. The Morgan fingerprint density at radius 2 is 1.61 bits per heavy atom. The highest BCUT2D eigenvalue weighted by molar-refractivity contribution is 6.04. The molecule has 8 heteroatoms. The summed E-state index contributed by atoms with van der Waals surface area (Å²) < 4.78 is 0. The number of non-ortho nitro benzene ring substituents is 1. The third-order valence-electron chi connectivity index (χ3n) is 6.40. The number of nitro benzene ring substituents is 1. The number of Topliss-reactive ketones (excluding diaryl/α,β-unsaturated/α-hetero) is 1. The maximum Gasteiger partial charge on any atom is 0.270 e. The third-order valence-corrected chi connectivity index (χ3v) is 6.40. The summed E-state index contributed by atoms with van der Waals surface area (Å²) in [5.74, 6) is -1.12. The Kier molecular flexibility index (Phi) is 4.97. The van der Waals surface area contributed by atoms with E-state index < -0.39 is 29.0 Å². The minimum atomic E-state index is -1.07. The van der Waals surface area contributed by atoms with Gasteiger partial charge in [-0.25, -0.2) is 0 Å². The molecule has 0 N–H and O–H groups in total. The van der Waals surface area contributed by atoms with Crippen molar-refractivity contribution in [1.29, 1.82) is 0 Å². The van der Waals surface area contributed by atoms with E-state index in [2.05, 4.69) is 0 Å². The Bertz CT molecular complexity index is 1290. The number of para-hydroxylation sites is 1. The SMILES string of the molecule is O=C(c1cccc([N+](=O)[O-])c1)[C@@H]1[C@H](c2ccccc2)[C@H]([N+](=O)[O-])[C@H]2C=Cc3ccccc3N21. The molecule has 2 aliphatic rings. The van der Waals surface area contributed by atoms with Crippen LogP contribution in [0.3, 0.4) is 0 Å². The zero-order valence-electron chi connectivity index (χ0n) is 17.4. The van der Waals surface area contributed by atoms with Gasteiger partial charge in [-0.15, -0.1) is 0 Å². The van der Waals surface area contributed by atoms with Crippen LogP contribution in [0.15, 0.2) is 84.9 Å². The van der Waals surface area contributed by atoms with Crippen LogP contribution in [0.4, 0.5) is 11.4 Å². The summed E-state index contributed by atoms with van der Waals surface area (Å²) in [6.45, 7) is 0. The summed E-state index contributed by atoms with van der Waals surface area (Å²) in [5, 5.41) is 23.6. The van der Waals surface area contributed by atoms with E-state index in [0.717, 1.165) is 11.3 Å². The van der Waals surface area contributed by atoms with Crippen LogP contribution in [0.5, 0.6) is 0 Å². The highest BCUT2D eigenvalue weighted by Crippen LogP contribution is 2.47. The first-order valence-corrected chi connectivity index (χ1v) is 10.5. The van der Waals surface area contributed by atoms with Crippen molar-refractivity contribution in [2.45, 2.75) is 24.0 Å². The molecule has 0 spiro atoms. The number of hydrogen-bond donors (Lipinski definition) is 0. The zero-order chi connectivity index (χ0) is 23.1. The molecule has 0 aromatic heterocycles. The first-order valence-electron chi connectivity index (χ1n) is 10.5. The van der Waals surface area contributed by atoms with Gasteiger partial charge in [0.2, 0.25) is 6.04 Å². The van der Waals surface area contributed by atoms with Crippen molar-refractivity contribution in [3.63, 3.8) is 0 Å². The number of benzene rings is 3. The number of anilines is 1. The summed E-state index contributed by atoms with van der Waals surface area (Å²) in [7, 11) is 0. The smallest absolute Gasteiger partial charge is 0.270 e. The lowest BCUT2D eigenvalue weighted by Gasteiger charge is -2.34. The molecule has 0 unspecified atom stereocenters. The molecular formula is C25H19N3O5. The molecule has 8 nitrogen and oxygen atoms in total. The molecule has 0 amide bonds. The number of hydrogen-bond acceptors (Lipinski definition) is 6. The fourth-order valence-electron chi connectivity index (χ4n) is 5.05. The van der Waals surface area contributed by atoms with E-state index >= 15 is 0 Å². The van der Waals surface area contributed by atoms with Gasteiger partial charge in [-0.1, -0.05) is 72.8 Å². The first kappa shape index (κ1) is 20.6. The van der Waals surface area contributed by atoms with Crippen molar-refractivity contribution < 1.29 is 14.6 Å². The lowest BCUT2D eigenvalue weighted by atomic mass is 9.83. The maximum absolute atomic E-state index is 13.9. The summed E-state index contributed by atoms with van der Waals surface area (Å²) in [5.41, 5.74) is 2.24. The molecule has 164 valence electrons. The topological polar surface area (TPSA) is 107 Å². The number of nitro groups is 2. The van der Waals surface area contributed by atoms with Crippen molar-refractivity contribution >= 4 is 23.2 Å². The van der Waals surface area contributed by atoms with Gasteiger partial charge < -0.3 is 4.90 Å². The number of fused-ring (bicyclic) bond motifs is 3. The van der Waals surface area contributed by atoms with E-state index in [-0.39, 0.29) is 22.0 Å². The average molecular weight is 441 g/mol. The van der Waals surface area contributed by atoms with Gasteiger partial charge in [-0.3, -0.25) is 25.0 Å². The Hall–Kier alpha value is -4.33. The summed E-state index contributed by atoms with van der Waals surface area (Å²) in [6, 6.07) is 19.4. The second-order valence-electron chi connectivity index (χ2n) is 8.14. The quantitative estimate of drug-likeness (QED) is 0.328. The largest absolute Gasteiger partial charge is 0.346 e. The number of nitrogens with zero attached hydrogens (tertiary/aromatic N) is 3. The summed E-state index contributed by atoms with van der Waals surface area (Å²) in [6.07, 6.45) is 3.64. The Morgan fingerprint density at radius 3 is 2.33 bits per heavy atom. The molecule has 0 saturated carbocycles. The van der Waals surface area contributed by atoms with E-state index in [0.29, 0.717) is 5.56 Å². The Balaban J connectivity index is 1.71. The molecule has 0 bridgehead atoms. The van der Waals surface area contributed by atoms with Gasteiger partial charge in [0.1, 0.15) is 12.1 Å². The molecule has 2 heterocycles. The van der Waals surface area contributed by atoms with E-state index in [4.69, 9.17) is 0 Å². The predicted octanol–water partition coefficient (Wildman–Crippen LogP) is 4.49. The second-order valence-corrected chi connectivity index (χ2v) is 8.14. The summed E-state index contributed by atoms with van der Waals surface area (Å²) in [4.78, 5) is 38.5. The predicted molar refractivity (Wildman–Crippen MR) is 123 cm³/mol. The normalized spacial score (nSPS) is 23.0. The fourth-order valence-corrected chi connectivity index (χ4v) is 5.05. The monoisotopic (exact) mass is 441 g/mol. The van der Waals surface area contributed by atoms with Crippen LogP contribution in [0.1, 0.15) is 27.4 Å². The van der Waals surface area contributed by atoms with Crippen LogP contribution in [0.25, 0.3) is 6.08 Å². The molecule has 1 saturated heterocycles.